The zero-order chi connectivity index (χ0) is 21.8. The third-order valence-electron chi connectivity index (χ3n) is 4.09. The van der Waals surface area contributed by atoms with Gasteiger partial charge in [-0.2, -0.15) is 0 Å². The number of benzene rings is 1. The summed E-state index contributed by atoms with van der Waals surface area (Å²) in [4.78, 5) is 34.1. The first-order valence-electron chi connectivity index (χ1n) is 9.36. The summed E-state index contributed by atoms with van der Waals surface area (Å²) in [6, 6.07) is 3.86. The highest BCUT2D eigenvalue weighted by Gasteiger charge is 2.24. The Morgan fingerprint density at radius 2 is 1.72 bits per heavy atom. The maximum atomic E-state index is 12.8. The number of anilines is 1. The molecule has 0 spiro atoms. The number of halogens is 2. The van der Waals surface area contributed by atoms with Crippen LogP contribution in [0, 0.1) is 5.92 Å². The lowest BCUT2D eigenvalue weighted by Crippen LogP contribution is -2.44. The lowest BCUT2D eigenvalue weighted by Gasteiger charge is -2.21. The van der Waals surface area contributed by atoms with Crippen molar-refractivity contribution in [3.05, 3.63) is 52.0 Å². The number of hydrogen-bond acceptors (Lipinski definition) is 4. The van der Waals surface area contributed by atoms with Crippen molar-refractivity contribution in [2.45, 2.75) is 52.5 Å². The molecule has 8 heteroatoms. The summed E-state index contributed by atoms with van der Waals surface area (Å²) in [7, 11) is 0. The molecule has 1 heterocycles. The van der Waals surface area contributed by atoms with Gasteiger partial charge in [-0.05, 0) is 30.5 Å². The van der Waals surface area contributed by atoms with E-state index in [1.807, 2.05) is 34.6 Å². The maximum absolute atomic E-state index is 12.8. The number of amides is 2. The van der Waals surface area contributed by atoms with E-state index in [4.69, 9.17) is 23.2 Å². The molecule has 0 saturated carbocycles. The summed E-state index contributed by atoms with van der Waals surface area (Å²) >= 11 is 12.0. The van der Waals surface area contributed by atoms with E-state index in [2.05, 4.69) is 20.6 Å². The Morgan fingerprint density at radius 3 is 2.24 bits per heavy atom. The molecule has 0 fully saturated rings. The fourth-order valence-corrected chi connectivity index (χ4v) is 3.12. The van der Waals surface area contributed by atoms with Gasteiger partial charge in [0.05, 0.1) is 28.7 Å². The molecule has 0 radical (unpaired) electrons. The first-order chi connectivity index (χ1) is 13.5. The normalized spacial score (nSPS) is 12.6. The first kappa shape index (κ1) is 23.1. The van der Waals surface area contributed by atoms with Crippen LogP contribution in [-0.4, -0.2) is 27.8 Å². The van der Waals surface area contributed by atoms with E-state index in [1.54, 1.807) is 18.5 Å². The topological polar surface area (TPSA) is 84.0 Å². The van der Waals surface area contributed by atoms with E-state index in [9.17, 15) is 9.59 Å². The number of nitrogens with one attached hydrogen (secondary N) is 2. The Labute approximate surface area is 181 Å². The molecule has 2 aromatic rings. The van der Waals surface area contributed by atoms with Gasteiger partial charge in [-0.25, -0.2) is 9.97 Å². The molecule has 156 valence electrons. The van der Waals surface area contributed by atoms with Crippen LogP contribution in [-0.2, 0) is 10.2 Å². The highest BCUT2D eigenvalue weighted by Crippen LogP contribution is 2.22. The van der Waals surface area contributed by atoms with Gasteiger partial charge in [0, 0.05) is 10.4 Å². The Kier molecular flexibility index (Phi) is 7.60. The maximum Gasteiger partial charge on any atom is 0.253 e. The van der Waals surface area contributed by atoms with Crippen molar-refractivity contribution in [2.75, 3.05) is 5.32 Å². The van der Waals surface area contributed by atoms with Gasteiger partial charge in [0.2, 0.25) is 5.91 Å². The fraction of sp³-hybridized carbons (Fsp3) is 0.429. The van der Waals surface area contributed by atoms with E-state index in [-0.39, 0.29) is 27.8 Å². The molecule has 0 bridgehead atoms. The van der Waals surface area contributed by atoms with Gasteiger partial charge in [-0.15, -0.1) is 0 Å². The molecule has 2 N–H and O–H groups in total. The molecular formula is C21H26Cl2N4O2. The lowest BCUT2D eigenvalue weighted by atomic mass is 9.96. The molecule has 1 aromatic carbocycles. The minimum absolute atomic E-state index is 0.186. The Bertz CT molecular complexity index is 877. The molecule has 6 nitrogen and oxygen atoms in total. The predicted octanol–water partition coefficient (Wildman–Crippen LogP) is 4.86. The third kappa shape index (κ3) is 6.68. The molecule has 29 heavy (non-hydrogen) atoms. The highest BCUT2D eigenvalue weighted by molar-refractivity contribution is 6.36. The summed E-state index contributed by atoms with van der Waals surface area (Å²) in [5.74, 6) is 0.0854. The second-order valence-corrected chi connectivity index (χ2v) is 9.16. The third-order valence-corrected chi connectivity index (χ3v) is 4.64. The quantitative estimate of drug-likeness (QED) is 0.676. The van der Waals surface area contributed by atoms with Gasteiger partial charge < -0.3 is 10.6 Å². The van der Waals surface area contributed by atoms with Crippen molar-refractivity contribution in [3.63, 3.8) is 0 Å². The minimum Gasteiger partial charge on any atom is -0.340 e. The van der Waals surface area contributed by atoms with Crippen LogP contribution >= 0.6 is 23.2 Å². The van der Waals surface area contributed by atoms with Gasteiger partial charge in [-0.1, -0.05) is 57.8 Å². The number of carbonyl (C=O) groups is 2. The zero-order valence-corrected chi connectivity index (χ0v) is 18.7. The number of nitrogens with zero attached hydrogens (tertiary/aromatic N) is 2. The minimum atomic E-state index is -0.739. The average molecular weight is 437 g/mol. The highest BCUT2D eigenvalue weighted by atomic mass is 35.5. The van der Waals surface area contributed by atoms with E-state index < -0.39 is 11.9 Å². The number of rotatable bonds is 6. The van der Waals surface area contributed by atoms with Crippen molar-refractivity contribution >= 4 is 40.7 Å². The van der Waals surface area contributed by atoms with Crippen LogP contribution in [0.2, 0.25) is 10.0 Å². The predicted molar refractivity (Wildman–Crippen MR) is 117 cm³/mol. The smallest absolute Gasteiger partial charge is 0.253 e. The Hall–Kier alpha value is -2.18. The van der Waals surface area contributed by atoms with Crippen LogP contribution in [0.5, 0.6) is 0 Å². The molecule has 0 saturated heterocycles. The van der Waals surface area contributed by atoms with E-state index in [1.165, 1.54) is 12.1 Å². The van der Waals surface area contributed by atoms with E-state index in [0.29, 0.717) is 23.0 Å². The SMILES string of the molecule is CC(C)CC(NC(=O)c1ccc(Cl)cc1Cl)C(=O)Nc1cnc(C(C)(C)C)nc1. The number of hydrogen-bond donors (Lipinski definition) is 2. The van der Waals surface area contributed by atoms with Gasteiger partial charge >= 0.3 is 0 Å². The van der Waals surface area contributed by atoms with Crippen LogP contribution < -0.4 is 10.6 Å². The molecule has 2 amide bonds. The molecule has 0 aliphatic rings. The second kappa shape index (κ2) is 9.55. The van der Waals surface area contributed by atoms with E-state index in [0.717, 1.165) is 0 Å². The van der Waals surface area contributed by atoms with Crippen molar-refractivity contribution in [1.29, 1.82) is 0 Å². The Balaban J connectivity index is 2.14. The Morgan fingerprint density at radius 1 is 1.10 bits per heavy atom. The summed E-state index contributed by atoms with van der Waals surface area (Å²) in [6.07, 6.45) is 3.59. The summed E-state index contributed by atoms with van der Waals surface area (Å²) in [6.45, 7) is 9.98. The molecular weight excluding hydrogens is 411 g/mol. The van der Waals surface area contributed by atoms with Crippen LogP contribution in [0.25, 0.3) is 0 Å². The summed E-state index contributed by atoms with van der Waals surface area (Å²) in [5.41, 5.74) is 0.542. The van der Waals surface area contributed by atoms with Gasteiger partial charge in [-0.3, -0.25) is 9.59 Å². The molecule has 0 aliphatic carbocycles. The lowest BCUT2D eigenvalue weighted by molar-refractivity contribution is -0.118. The van der Waals surface area contributed by atoms with Crippen molar-refractivity contribution in [1.82, 2.24) is 15.3 Å². The summed E-state index contributed by atoms with van der Waals surface area (Å²) in [5, 5.41) is 6.19. The second-order valence-electron chi connectivity index (χ2n) is 8.31. The molecule has 1 aromatic heterocycles. The zero-order valence-electron chi connectivity index (χ0n) is 17.2. The van der Waals surface area contributed by atoms with Crippen LogP contribution in [0.1, 0.15) is 57.2 Å². The van der Waals surface area contributed by atoms with Gasteiger partial charge in [0.1, 0.15) is 11.9 Å². The largest absolute Gasteiger partial charge is 0.340 e. The van der Waals surface area contributed by atoms with Gasteiger partial charge in [0.25, 0.3) is 5.91 Å². The fourth-order valence-electron chi connectivity index (χ4n) is 2.62. The van der Waals surface area contributed by atoms with Crippen LogP contribution in [0.3, 0.4) is 0 Å². The van der Waals surface area contributed by atoms with Crippen LogP contribution in [0.4, 0.5) is 5.69 Å². The van der Waals surface area contributed by atoms with Crippen molar-refractivity contribution < 1.29 is 9.59 Å². The molecule has 1 unspecified atom stereocenters. The van der Waals surface area contributed by atoms with Crippen molar-refractivity contribution in [3.8, 4) is 0 Å². The standard InChI is InChI=1S/C21H26Cl2N4O2/c1-12(2)8-17(27-18(28)15-7-6-13(22)9-16(15)23)19(29)26-14-10-24-20(25-11-14)21(3,4)5/h6-7,9-12,17H,8H2,1-5H3,(H,26,29)(H,27,28). The molecule has 2 rings (SSSR count). The van der Waals surface area contributed by atoms with E-state index >= 15 is 0 Å². The number of carbonyl (C=O) groups excluding carboxylic acids is 2. The molecule has 0 aliphatic heterocycles. The monoisotopic (exact) mass is 436 g/mol. The van der Waals surface area contributed by atoms with Crippen LogP contribution in [0.15, 0.2) is 30.6 Å². The molecule has 1 atom stereocenters. The summed E-state index contributed by atoms with van der Waals surface area (Å²) < 4.78 is 0. The van der Waals surface area contributed by atoms with Gasteiger partial charge in [0.15, 0.2) is 0 Å². The average Bonchev–Trinajstić information content (AvgIpc) is 2.60. The number of aromatic nitrogens is 2. The first-order valence-corrected chi connectivity index (χ1v) is 10.1. The van der Waals surface area contributed by atoms with Crippen molar-refractivity contribution in [2.24, 2.45) is 5.92 Å².